The van der Waals surface area contributed by atoms with Crippen molar-refractivity contribution in [3.63, 3.8) is 0 Å². The Morgan fingerprint density at radius 3 is 2.53 bits per heavy atom. The number of benzene rings is 2. The topological polar surface area (TPSA) is 147 Å². The van der Waals surface area contributed by atoms with Crippen molar-refractivity contribution in [3.8, 4) is 17.6 Å². The highest BCUT2D eigenvalue weighted by Gasteiger charge is 2.21. The summed E-state index contributed by atoms with van der Waals surface area (Å²) in [6, 6.07) is 12.5. The van der Waals surface area contributed by atoms with Gasteiger partial charge in [0.1, 0.15) is 0 Å². The Labute approximate surface area is 215 Å². The van der Waals surface area contributed by atoms with E-state index in [2.05, 4.69) is 20.6 Å². The van der Waals surface area contributed by atoms with E-state index in [1.165, 1.54) is 29.1 Å². The number of carbonyl (C=O) groups excluding carboxylic acids is 2. The van der Waals surface area contributed by atoms with Gasteiger partial charge in [0, 0.05) is 0 Å². The molecule has 11 nitrogen and oxygen atoms in total. The van der Waals surface area contributed by atoms with E-state index in [0.29, 0.717) is 12.2 Å². The molecule has 13 heteroatoms. The van der Waals surface area contributed by atoms with E-state index in [9.17, 15) is 19.6 Å². The van der Waals surface area contributed by atoms with Crippen LogP contribution in [0, 0.1) is 11.3 Å². The van der Waals surface area contributed by atoms with Gasteiger partial charge in [0.2, 0.25) is 0 Å². The van der Waals surface area contributed by atoms with Crippen molar-refractivity contribution in [1.82, 2.24) is 20.3 Å². The van der Waals surface area contributed by atoms with Gasteiger partial charge in [-0.25, -0.2) is 15.0 Å². The average Bonchev–Trinajstić information content (AvgIpc) is 2.84. The molecule has 3 N–H and O–H groups in total. The van der Waals surface area contributed by atoms with Crippen LogP contribution in [0.2, 0.25) is 10.0 Å². The largest absolute Gasteiger partial charge is 0.451 e. The molecule has 0 saturated carbocycles. The quantitative estimate of drug-likeness (QED) is 0.353. The first kappa shape index (κ1) is 26.5. The number of hydrogen-bond donors (Lipinski definition) is 3. The van der Waals surface area contributed by atoms with Crippen LogP contribution in [0.15, 0.2) is 59.7 Å². The number of alkyl carbamates (subject to hydrolysis) is 1. The van der Waals surface area contributed by atoms with Gasteiger partial charge in [-0.1, -0.05) is 53.5 Å². The van der Waals surface area contributed by atoms with E-state index in [0.717, 1.165) is 5.56 Å². The Kier molecular flexibility index (Phi) is 9.24. The van der Waals surface area contributed by atoms with E-state index in [1.807, 2.05) is 35.6 Å². The van der Waals surface area contributed by atoms with Crippen LogP contribution in [0.5, 0.6) is 11.5 Å². The molecule has 0 bridgehead atoms. The van der Waals surface area contributed by atoms with Gasteiger partial charge < -0.3 is 14.9 Å². The second-order valence-electron chi connectivity index (χ2n) is 7.10. The number of ether oxygens (including phenoxy) is 2. The van der Waals surface area contributed by atoms with Gasteiger partial charge in [0.05, 0.1) is 47.3 Å². The average molecular weight is 531 g/mol. The predicted octanol–water partition coefficient (Wildman–Crippen LogP) is 3.47. The molecule has 36 heavy (non-hydrogen) atoms. The first-order valence-corrected chi connectivity index (χ1v) is 11.2. The molecular weight excluding hydrogens is 511 g/mol. The van der Waals surface area contributed by atoms with Crippen LogP contribution in [0.25, 0.3) is 0 Å². The summed E-state index contributed by atoms with van der Waals surface area (Å²) in [5.41, 5.74) is 5.84. The number of nitrogens with zero attached hydrogens (tertiary/aromatic N) is 3. The second-order valence-corrected chi connectivity index (χ2v) is 7.91. The van der Waals surface area contributed by atoms with Crippen LogP contribution >= 0.6 is 23.2 Å². The Hall–Kier alpha value is -4.11. The van der Waals surface area contributed by atoms with E-state index in [1.54, 1.807) is 13.0 Å². The number of hydrazine groups is 1. The fourth-order valence-corrected chi connectivity index (χ4v) is 3.44. The van der Waals surface area contributed by atoms with Crippen molar-refractivity contribution >= 4 is 40.9 Å². The summed E-state index contributed by atoms with van der Waals surface area (Å²) in [4.78, 5) is 39.3. The van der Waals surface area contributed by atoms with Gasteiger partial charge in [-0.05, 0) is 24.6 Å². The lowest BCUT2D eigenvalue weighted by atomic mass is 10.2. The van der Waals surface area contributed by atoms with E-state index in [-0.39, 0.29) is 28.2 Å². The molecule has 0 fully saturated rings. The zero-order valence-electron chi connectivity index (χ0n) is 18.8. The maximum absolute atomic E-state index is 12.1. The first-order chi connectivity index (χ1) is 17.3. The maximum Gasteiger partial charge on any atom is 0.413 e. The van der Waals surface area contributed by atoms with Gasteiger partial charge in [-0.2, -0.15) is 10.2 Å². The lowest BCUT2D eigenvalue weighted by Crippen LogP contribution is -2.47. The Morgan fingerprint density at radius 1 is 1.19 bits per heavy atom. The van der Waals surface area contributed by atoms with E-state index in [4.69, 9.17) is 27.9 Å². The Bertz CT molecular complexity index is 1320. The summed E-state index contributed by atoms with van der Waals surface area (Å²) in [6.07, 6.45) is 1.77. The molecule has 0 aliphatic carbocycles. The number of nitriles is 1. The molecule has 0 radical (unpaired) electrons. The number of imide groups is 1. The highest BCUT2D eigenvalue weighted by atomic mass is 35.5. The molecular formula is C23H20Cl2N6O5. The molecule has 0 saturated heterocycles. The molecule has 0 aliphatic heterocycles. The zero-order chi connectivity index (χ0) is 26.1. The molecule has 1 heterocycles. The first-order valence-electron chi connectivity index (χ1n) is 10.5. The highest BCUT2D eigenvalue weighted by Crippen LogP contribution is 2.38. The molecule has 3 aromatic rings. The minimum absolute atomic E-state index is 0.0670. The van der Waals surface area contributed by atoms with Crippen molar-refractivity contribution in [1.29, 1.82) is 5.26 Å². The summed E-state index contributed by atoms with van der Waals surface area (Å²) in [6.45, 7) is 1.94. The number of carbonyl (C=O) groups is 2. The second kappa shape index (κ2) is 12.6. The van der Waals surface area contributed by atoms with Crippen molar-refractivity contribution in [2.45, 2.75) is 19.5 Å². The SMILES string of the molecule is CCOC(=O)NC(=O)C(C#N)NNc1cc(Cl)c(Oc2cnc(=O)n(Cc3ccccc3)c2)c(Cl)c1. The number of halogens is 2. The molecule has 2 aromatic carbocycles. The number of rotatable bonds is 9. The summed E-state index contributed by atoms with van der Waals surface area (Å²) in [5.74, 6) is -0.584. The smallest absolute Gasteiger partial charge is 0.413 e. The van der Waals surface area contributed by atoms with Crippen molar-refractivity contribution in [2.75, 3.05) is 12.0 Å². The molecule has 3 rings (SSSR count). The van der Waals surface area contributed by atoms with E-state index >= 15 is 0 Å². The highest BCUT2D eigenvalue weighted by molar-refractivity contribution is 6.37. The summed E-state index contributed by atoms with van der Waals surface area (Å²) in [5, 5.41) is 11.3. The lowest BCUT2D eigenvalue weighted by Gasteiger charge is -2.16. The Morgan fingerprint density at radius 2 is 1.89 bits per heavy atom. The summed E-state index contributed by atoms with van der Waals surface area (Å²) >= 11 is 12.7. The minimum Gasteiger partial charge on any atom is -0.451 e. The van der Waals surface area contributed by atoms with E-state index < -0.39 is 23.7 Å². The van der Waals surface area contributed by atoms with Crippen LogP contribution in [-0.2, 0) is 16.1 Å². The number of aromatic nitrogens is 2. The van der Waals surface area contributed by atoms with Crippen molar-refractivity contribution in [2.24, 2.45) is 0 Å². The van der Waals surface area contributed by atoms with Gasteiger partial charge in [0.15, 0.2) is 17.5 Å². The lowest BCUT2D eigenvalue weighted by molar-refractivity contribution is -0.121. The normalized spacial score (nSPS) is 11.2. The van der Waals surface area contributed by atoms with Gasteiger partial charge in [0.25, 0.3) is 5.91 Å². The predicted molar refractivity (Wildman–Crippen MR) is 132 cm³/mol. The van der Waals surface area contributed by atoms with Crippen LogP contribution in [-0.4, -0.2) is 34.2 Å². The molecule has 1 unspecified atom stereocenters. The molecule has 0 spiro atoms. The number of amides is 2. The van der Waals surface area contributed by atoms with Crippen LogP contribution in [0.4, 0.5) is 10.5 Å². The summed E-state index contributed by atoms with van der Waals surface area (Å²) < 4.78 is 11.8. The fourth-order valence-electron chi connectivity index (χ4n) is 2.88. The number of hydrogen-bond acceptors (Lipinski definition) is 9. The maximum atomic E-state index is 12.1. The molecule has 1 aromatic heterocycles. The van der Waals surface area contributed by atoms with Gasteiger partial charge in [-0.15, -0.1) is 0 Å². The van der Waals surface area contributed by atoms with Gasteiger partial charge in [-0.3, -0.25) is 14.7 Å². The third-order valence-corrected chi connectivity index (χ3v) is 5.06. The molecule has 186 valence electrons. The third kappa shape index (κ3) is 7.19. The molecule has 0 aliphatic rings. The van der Waals surface area contributed by atoms with Crippen molar-refractivity contribution < 1.29 is 19.1 Å². The molecule has 1 atom stereocenters. The fraction of sp³-hybridized carbons (Fsp3) is 0.174. The third-order valence-electron chi connectivity index (χ3n) is 4.50. The standard InChI is InChI=1S/C23H20Cl2N6O5/c1-2-35-23(34)28-21(32)19(10-26)30-29-15-8-17(24)20(18(25)9-15)36-16-11-27-22(33)31(13-16)12-14-6-4-3-5-7-14/h3-9,11,13,19,29-30H,2,12H2,1H3,(H,28,32,34). The number of anilines is 1. The van der Waals surface area contributed by atoms with Gasteiger partial charge >= 0.3 is 11.8 Å². The molecule has 2 amide bonds. The van der Waals surface area contributed by atoms with Crippen LogP contribution in [0.1, 0.15) is 12.5 Å². The monoisotopic (exact) mass is 530 g/mol. The minimum atomic E-state index is -1.43. The van der Waals surface area contributed by atoms with Crippen LogP contribution < -0.4 is 26.6 Å². The number of nitrogens with one attached hydrogen (secondary N) is 3. The zero-order valence-corrected chi connectivity index (χ0v) is 20.3. The van der Waals surface area contributed by atoms with Crippen LogP contribution in [0.3, 0.4) is 0 Å². The Balaban J connectivity index is 1.70. The summed E-state index contributed by atoms with van der Waals surface area (Å²) in [7, 11) is 0. The van der Waals surface area contributed by atoms with Crippen molar-refractivity contribution in [3.05, 3.63) is 81.0 Å².